The van der Waals surface area contributed by atoms with Crippen molar-refractivity contribution in [1.29, 1.82) is 0 Å². The zero-order valence-corrected chi connectivity index (χ0v) is 13.4. The number of nitrogens with zero attached hydrogens (tertiary/aromatic N) is 2. The molecule has 1 aromatic heterocycles. The number of aryl methyl sites for hydroxylation is 1. The van der Waals surface area contributed by atoms with Crippen LogP contribution in [0, 0.1) is 3.57 Å². The first-order valence-electron chi connectivity index (χ1n) is 6.08. The van der Waals surface area contributed by atoms with Crippen LogP contribution in [-0.2, 0) is 6.42 Å². The summed E-state index contributed by atoms with van der Waals surface area (Å²) < 4.78 is 6.24. The van der Waals surface area contributed by atoms with Gasteiger partial charge in [-0.1, -0.05) is 6.92 Å². The van der Waals surface area contributed by atoms with Gasteiger partial charge in [-0.05, 0) is 53.3 Å². The average molecular weight is 369 g/mol. The van der Waals surface area contributed by atoms with Gasteiger partial charge in [0.2, 0.25) is 0 Å². The molecule has 0 atom stereocenters. The fourth-order valence-corrected chi connectivity index (χ4v) is 2.65. The molecule has 0 aliphatic carbocycles. The second kappa shape index (κ2) is 6.18. The Bertz CT molecular complexity index is 544. The highest BCUT2D eigenvalue weighted by Crippen LogP contribution is 2.25. The minimum atomic E-state index is 0.740. The van der Waals surface area contributed by atoms with Crippen LogP contribution in [0.25, 0.3) is 11.4 Å². The van der Waals surface area contributed by atoms with Crippen molar-refractivity contribution in [2.75, 3.05) is 19.5 Å². The number of nitrogens with one attached hydrogen (secondary N) is 1. The maximum absolute atomic E-state index is 5.16. The standard InChI is InChI=1S/C14H16IN3O/c1-4-11-12(15)14(16-2)18-13(17-11)9-5-7-10(19-3)8-6-9/h5-8H,4H2,1-3H3,(H,16,17,18). The lowest BCUT2D eigenvalue weighted by atomic mass is 10.2. The fraction of sp³-hybridized carbons (Fsp3) is 0.286. The van der Waals surface area contributed by atoms with Crippen molar-refractivity contribution in [2.45, 2.75) is 13.3 Å². The number of benzene rings is 1. The second-order valence-electron chi connectivity index (χ2n) is 3.99. The van der Waals surface area contributed by atoms with E-state index < -0.39 is 0 Å². The van der Waals surface area contributed by atoms with Crippen LogP contribution in [-0.4, -0.2) is 24.1 Å². The summed E-state index contributed by atoms with van der Waals surface area (Å²) in [5, 5.41) is 3.12. The molecule has 2 aromatic rings. The predicted molar refractivity (Wildman–Crippen MR) is 85.7 cm³/mol. The maximum atomic E-state index is 5.16. The van der Waals surface area contributed by atoms with E-state index in [1.54, 1.807) is 7.11 Å². The van der Waals surface area contributed by atoms with Gasteiger partial charge < -0.3 is 10.1 Å². The molecule has 0 unspecified atom stereocenters. The lowest BCUT2D eigenvalue weighted by molar-refractivity contribution is 0.415. The molecule has 5 heteroatoms. The van der Waals surface area contributed by atoms with Gasteiger partial charge in [0.15, 0.2) is 5.82 Å². The van der Waals surface area contributed by atoms with Crippen molar-refractivity contribution in [1.82, 2.24) is 9.97 Å². The number of methoxy groups -OCH3 is 1. The van der Waals surface area contributed by atoms with Crippen molar-refractivity contribution < 1.29 is 4.74 Å². The molecule has 0 bridgehead atoms. The van der Waals surface area contributed by atoms with Crippen molar-refractivity contribution in [3.63, 3.8) is 0 Å². The van der Waals surface area contributed by atoms with Gasteiger partial charge in [0, 0.05) is 12.6 Å². The van der Waals surface area contributed by atoms with E-state index in [4.69, 9.17) is 4.74 Å². The van der Waals surface area contributed by atoms with Crippen LogP contribution in [0.4, 0.5) is 5.82 Å². The van der Waals surface area contributed by atoms with Crippen LogP contribution < -0.4 is 10.1 Å². The van der Waals surface area contributed by atoms with E-state index in [0.717, 1.165) is 38.6 Å². The molecule has 2 rings (SSSR count). The summed E-state index contributed by atoms with van der Waals surface area (Å²) >= 11 is 2.28. The van der Waals surface area contributed by atoms with E-state index in [1.165, 1.54) is 0 Å². The third-order valence-corrected chi connectivity index (χ3v) is 3.97. The van der Waals surface area contributed by atoms with E-state index in [9.17, 15) is 0 Å². The first kappa shape index (κ1) is 14.0. The Labute approximate surface area is 126 Å². The van der Waals surface area contributed by atoms with Gasteiger partial charge >= 0.3 is 0 Å². The molecule has 4 nitrogen and oxygen atoms in total. The van der Waals surface area contributed by atoms with Gasteiger partial charge in [-0.2, -0.15) is 0 Å². The Balaban J connectivity index is 2.48. The van der Waals surface area contributed by atoms with Crippen molar-refractivity contribution in [3.8, 4) is 17.1 Å². The van der Waals surface area contributed by atoms with E-state index in [1.807, 2.05) is 31.3 Å². The van der Waals surface area contributed by atoms with Gasteiger partial charge in [0.1, 0.15) is 11.6 Å². The summed E-state index contributed by atoms with van der Waals surface area (Å²) in [6.07, 6.45) is 0.888. The predicted octanol–water partition coefficient (Wildman–Crippen LogP) is 3.36. The van der Waals surface area contributed by atoms with Crippen molar-refractivity contribution in [2.24, 2.45) is 0 Å². The van der Waals surface area contributed by atoms with Crippen LogP contribution in [0.15, 0.2) is 24.3 Å². The van der Waals surface area contributed by atoms with Gasteiger partial charge in [0.25, 0.3) is 0 Å². The Kier molecular flexibility index (Phi) is 4.57. The molecule has 0 saturated carbocycles. The molecular formula is C14H16IN3O. The topological polar surface area (TPSA) is 47.0 Å². The first-order valence-corrected chi connectivity index (χ1v) is 7.16. The smallest absolute Gasteiger partial charge is 0.161 e. The van der Waals surface area contributed by atoms with E-state index in [2.05, 4.69) is 44.8 Å². The lowest BCUT2D eigenvalue weighted by Gasteiger charge is -2.10. The molecule has 19 heavy (non-hydrogen) atoms. The summed E-state index contributed by atoms with van der Waals surface area (Å²) in [4.78, 5) is 9.18. The molecule has 0 aliphatic rings. The molecule has 0 radical (unpaired) electrons. The molecule has 0 saturated heterocycles. The summed E-state index contributed by atoms with van der Waals surface area (Å²) in [7, 11) is 3.53. The van der Waals surface area contributed by atoms with Crippen LogP contribution in [0.5, 0.6) is 5.75 Å². The lowest BCUT2D eigenvalue weighted by Crippen LogP contribution is -2.04. The second-order valence-corrected chi connectivity index (χ2v) is 5.07. The largest absolute Gasteiger partial charge is 0.497 e. The molecule has 100 valence electrons. The Hall–Kier alpha value is -1.37. The van der Waals surface area contributed by atoms with Gasteiger partial charge in [-0.25, -0.2) is 9.97 Å². The molecule has 0 aliphatic heterocycles. The quantitative estimate of drug-likeness (QED) is 0.840. The van der Waals surface area contributed by atoms with Gasteiger partial charge in [-0.3, -0.25) is 0 Å². The van der Waals surface area contributed by atoms with Crippen molar-refractivity contribution in [3.05, 3.63) is 33.5 Å². The normalized spacial score (nSPS) is 10.3. The van der Waals surface area contributed by atoms with Crippen LogP contribution >= 0.6 is 22.6 Å². The summed E-state index contributed by atoms with van der Waals surface area (Å²) in [6, 6.07) is 7.78. The van der Waals surface area contributed by atoms with E-state index in [0.29, 0.717) is 0 Å². The number of aromatic nitrogens is 2. The van der Waals surface area contributed by atoms with Gasteiger partial charge in [0.05, 0.1) is 16.4 Å². The monoisotopic (exact) mass is 369 g/mol. The molecular weight excluding hydrogens is 353 g/mol. The Morgan fingerprint density at radius 2 is 1.89 bits per heavy atom. The Morgan fingerprint density at radius 1 is 1.21 bits per heavy atom. The number of anilines is 1. The van der Waals surface area contributed by atoms with Crippen LogP contribution in [0.2, 0.25) is 0 Å². The van der Waals surface area contributed by atoms with Crippen LogP contribution in [0.1, 0.15) is 12.6 Å². The number of hydrogen-bond acceptors (Lipinski definition) is 4. The SMILES string of the molecule is CCc1nc(-c2ccc(OC)cc2)nc(NC)c1I. The number of halogens is 1. The molecule has 0 amide bonds. The minimum Gasteiger partial charge on any atom is -0.497 e. The highest BCUT2D eigenvalue weighted by Gasteiger charge is 2.11. The number of ether oxygens (including phenoxy) is 1. The highest BCUT2D eigenvalue weighted by molar-refractivity contribution is 14.1. The van der Waals surface area contributed by atoms with Crippen molar-refractivity contribution >= 4 is 28.4 Å². The summed E-state index contributed by atoms with van der Waals surface area (Å²) in [5.74, 6) is 2.45. The summed E-state index contributed by atoms with van der Waals surface area (Å²) in [6.45, 7) is 2.10. The minimum absolute atomic E-state index is 0.740. The molecule has 1 N–H and O–H groups in total. The maximum Gasteiger partial charge on any atom is 0.161 e. The molecule has 1 aromatic carbocycles. The van der Waals surface area contributed by atoms with Gasteiger partial charge in [-0.15, -0.1) is 0 Å². The molecule has 0 spiro atoms. The van der Waals surface area contributed by atoms with Crippen LogP contribution in [0.3, 0.4) is 0 Å². The van der Waals surface area contributed by atoms with E-state index >= 15 is 0 Å². The molecule has 0 fully saturated rings. The first-order chi connectivity index (χ1) is 9.19. The number of rotatable bonds is 4. The third kappa shape index (κ3) is 2.97. The third-order valence-electron chi connectivity index (χ3n) is 2.84. The number of hydrogen-bond donors (Lipinski definition) is 1. The summed E-state index contributed by atoms with van der Waals surface area (Å²) in [5.41, 5.74) is 2.05. The molecule has 1 heterocycles. The average Bonchev–Trinajstić information content (AvgIpc) is 2.47. The highest BCUT2D eigenvalue weighted by atomic mass is 127. The van der Waals surface area contributed by atoms with E-state index in [-0.39, 0.29) is 0 Å². The fourth-order valence-electron chi connectivity index (χ4n) is 1.76. The zero-order chi connectivity index (χ0) is 13.8. The zero-order valence-electron chi connectivity index (χ0n) is 11.2. The Morgan fingerprint density at radius 3 is 2.42 bits per heavy atom.